The zero-order valence-corrected chi connectivity index (χ0v) is 19.3. The van der Waals surface area contributed by atoms with Crippen molar-refractivity contribution in [2.75, 3.05) is 13.2 Å². The normalized spacial score (nSPS) is 14.2. The van der Waals surface area contributed by atoms with Gasteiger partial charge >= 0.3 is 5.97 Å². The summed E-state index contributed by atoms with van der Waals surface area (Å²) in [5.74, 6) is -2.15. The number of benzene rings is 2. The van der Waals surface area contributed by atoms with Crippen LogP contribution in [0.4, 0.5) is 8.78 Å². The largest absolute Gasteiger partial charge is 0.493 e. The van der Waals surface area contributed by atoms with Crippen LogP contribution in [0, 0.1) is 24.0 Å². The van der Waals surface area contributed by atoms with E-state index in [1.54, 1.807) is 24.3 Å². The first-order valence-corrected chi connectivity index (χ1v) is 12.0. The number of ether oxygens (including phenoxy) is 3. The molecule has 0 atom stereocenters. The van der Waals surface area contributed by atoms with Crippen molar-refractivity contribution >= 4 is 5.97 Å². The molecule has 0 bridgehead atoms. The van der Waals surface area contributed by atoms with E-state index in [1.165, 1.54) is 12.1 Å². The summed E-state index contributed by atoms with van der Waals surface area (Å²) in [6.07, 6.45) is 12.0. The van der Waals surface area contributed by atoms with Gasteiger partial charge in [0.25, 0.3) is 0 Å². The van der Waals surface area contributed by atoms with Crippen molar-refractivity contribution in [3.05, 3.63) is 60.0 Å². The van der Waals surface area contributed by atoms with Gasteiger partial charge in [0.15, 0.2) is 11.6 Å². The monoisotopic (exact) mass is 459 g/mol. The highest BCUT2D eigenvalue weighted by Crippen LogP contribution is 2.27. The van der Waals surface area contributed by atoms with Gasteiger partial charge in [0, 0.05) is 0 Å². The molecule has 0 heterocycles. The van der Waals surface area contributed by atoms with Crippen LogP contribution >= 0.6 is 0 Å². The van der Waals surface area contributed by atoms with Crippen LogP contribution in [-0.2, 0) is 0 Å². The molecule has 4 nitrogen and oxygen atoms in total. The Bertz CT molecular complexity index is 876. The molecular formula is C27H33F2O4. The van der Waals surface area contributed by atoms with E-state index in [0.717, 1.165) is 57.8 Å². The van der Waals surface area contributed by atoms with Crippen molar-refractivity contribution in [2.24, 2.45) is 5.92 Å². The van der Waals surface area contributed by atoms with E-state index >= 15 is 0 Å². The highest BCUT2D eigenvalue weighted by atomic mass is 19.2. The van der Waals surface area contributed by atoms with Crippen molar-refractivity contribution in [1.29, 1.82) is 0 Å². The average Bonchev–Trinajstić information content (AvgIpc) is 2.84. The number of hydrogen-bond acceptors (Lipinski definition) is 4. The van der Waals surface area contributed by atoms with E-state index in [0.29, 0.717) is 24.9 Å². The van der Waals surface area contributed by atoms with Gasteiger partial charge in [-0.1, -0.05) is 32.6 Å². The molecule has 6 heteroatoms. The van der Waals surface area contributed by atoms with Crippen LogP contribution in [0.25, 0.3) is 0 Å². The summed E-state index contributed by atoms with van der Waals surface area (Å²) >= 11 is 0. The third kappa shape index (κ3) is 7.72. The average molecular weight is 460 g/mol. The Morgan fingerprint density at radius 1 is 0.879 bits per heavy atom. The maximum Gasteiger partial charge on any atom is 0.346 e. The number of esters is 1. The smallest absolute Gasteiger partial charge is 0.346 e. The fourth-order valence-electron chi connectivity index (χ4n) is 3.83. The minimum absolute atomic E-state index is 0.197. The summed E-state index contributed by atoms with van der Waals surface area (Å²) in [5, 5.41) is 0. The van der Waals surface area contributed by atoms with Crippen LogP contribution < -0.4 is 14.2 Å². The molecule has 179 valence electrons. The number of unbranched alkanes of at least 4 members (excludes halogenated alkanes) is 4. The summed E-state index contributed by atoms with van der Waals surface area (Å²) in [7, 11) is 0. The third-order valence-electron chi connectivity index (χ3n) is 5.85. The SMILES string of the molecule is CCCCCCCOc1ccc(C(=O)Oc2ccc(OCC3CC[CH]CC3)cc2)c(F)c1F. The summed E-state index contributed by atoms with van der Waals surface area (Å²) < 4.78 is 45.2. The maximum atomic E-state index is 14.5. The number of halogens is 2. The second-order valence-electron chi connectivity index (χ2n) is 8.48. The molecule has 1 aliphatic carbocycles. The molecule has 2 aromatic rings. The Labute approximate surface area is 195 Å². The lowest BCUT2D eigenvalue weighted by molar-refractivity contribution is 0.0728. The van der Waals surface area contributed by atoms with Gasteiger partial charge in [-0.25, -0.2) is 9.18 Å². The van der Waals surface area contributed by atoms with Gasteiger partial charge in [-0.05, 0) is 80.8 Å². The van der Waals surface area contributed by atoms with Gasteiger partial charge < -0.3 is 14.2 Å². The Kier molecular flexibility index (Phi) is 9.98. The molecule has 2 aromatic carbocycles. The quantitative estimate of drug-likeness (QED) is 0.190. The minimum atomic E-state index is -1.27. The number of carbonyl (C=O) groups is 1. The fourth-order valence-corrected chi connectivity index (χ4v) is 3.83. The molecule has 33 heavy (non-hydrogen) atoms. The van der Waals surface area contributed by atoms with E-state index in [-0.39, 0.29) is 11.5 Å². The lowest BCUT2D eigenvalue weighted by atomic mass is 9.90. The van der Waals surface area contributed by atoms with Gasteiger partial charge in [-0.15, -0.1) is 0 Å². The molecule has 1 saturated carbocycles. The van der Waals surface area contributed by atoms with Crippen molar-refractivity contribution in [3.8, 4) is 17.2 Å². The third-order valence-corrected chi connectivity index (χ3v) is 5.85. The summed E-state index contributed by atoms with van der Waals surface area (Å²) in [4.78, 5) is 12.4. The zero-order valence-electron chi connectivity index (χ0n) is 19.3. The Morgan fingerprint density at radius 2 is 1.58 bits per heavy atom. The van der Waals surface area contributed by atoms with E-state index in [2.05, 4.69) is 13.3 Å². The molecule has 1 fully saturated rings. The highest BCUT2D eigenvalue weighted by Gasteiger charge is 2.21. The number of rotatable bonds is 12. The second-order valence-corrected chi connectivity index (χ2v) is 8.48. The second kappa shape index (κ2) is 13.2. The van der Waals surface area contributed by atoms with Crippen molar-refractivity contribution in [1.82, 2.24) is 0 Å². The Balaban J connectivity index is 1.50. The van der Waals surface area contributed by atoms with Crippen LogP contribution in [0.5, 0.6) is 17.2 Å². The molecule has 0 amide bonds. The van der Waals surface area contributed by atoms with Crippen LogP contribution in [0.2, 0.25) is 0 Å². The fraction of sp³-hybridized carbons (Fsp3) is 0.481. The standard InChI is InChI=1S/C27H33F2O4/c1-2-3-4-5-9-18-31-24-17-16-23(25(28)26(24)29)27(30)33-22-14-12-21(13-15-22)32-19-20-10-7-6-8-11-20/h6,12-17,20H,2-5,7-11,18-19H2,1H3. The summed E-state index contributed by atoms with van der Waals surface area (Å²) in [6.45, 7) is 3.09. The van der Waals surface area contributed by atoms with Gasteiger partial charge in [-0.2, -0.15) is 4.39 Å². The first kappa shape index (κ1) is 25.0. The van der Waals surface area contributed by atoms with Crippen molar-refractivity contribution in [3.63, 3.8) is 0 Å². The van der Waals surface area contributed by atoms with Crippen LogP contribution in [0.15, 0.2) is 36.4 Å². The molecule has 0 aromatic heterocycles. The van der Waals surface area contributed by atoms with E-state index in [9.17, 15) is 13.6 Å². The molecule has 1 aliphatic rings. The van der Waals surface area contributed by atoms with E-state index < -0.39 is 23.2 Å². The molecule has 0 spiro atoms. The molecule has 0 N–H and O–H groups in total. The summed E-state index contributed by atoms with van der Waals surface area (Å²) in [6, 6.07) is 9.00. The topological polar surface area (TPSA) is 44.8 Å². The van der Waals surface area contributed by atoms with Crippen LogP contribution in [0.3, 0.4) is 0 Å². The molecule has 0 aliphatic heterocycles. The molecule has 1 radical (unpaired) electrons. The van der Waals surface area contributed by atoms with Crippen molar-refractivity contribution < 1.29 is 27.8 Å². The van der Waals surface area contributed by atoms with Crippen LogP contribution in [-0.4, -0.2) is 19.2 Å². The van der Waals surface area contributed by atoms with E-state index in [4.69, 9.17) is 14.2 Å². The lowest BCUT2D eigenvalue weighted by Gasteiger charge is -2.21. The molecule has 0 saturated heterocycles. The lowest BCUT2D eigenvalue weighted by Crippen LogP contribution is -2.15. The molecule has 0 unspecified atom stereocenters. The Hall–Kier alpha value is -2.63. The molecular weight excluding hydrogens is 426 g/mol. The van der Waals surface area contributed by atoms with Crippen LogP contribution in [0.1, 0.15) is 75.1 Å². The first-order chi connectivity index (χ1) is 16.1. The zero-order chi connectivity index (χ0) is 23.5. The predicted octanol–water partition coefficient (Wildman–Crippen LogP) is 7.31. The highest BCUT2D eigenvalue weighted by molar-refractivity contribution is 5.91. The minimum Gasteiger partial charge on any atom is -0.493 e. The van der Waals surface area contributed by atoms with E-state index in [1.807, 2.05) is 0 Å². The molecule has 3 rings (SSSR count). The van der Waals surface area contributed by atoms with Gasteiger partial charge in [0.05, 0.1) is 18.8 Å². The maximum absolute atomic E-state index is 14.5. The van der Waals surface area contributed by atoms with Gasteiger partial charge in [0.2, 0.25) is 5.82 Å². The first-order valence-electron chi connectivity index (χ1n) is 12.0. The summed E-state index contributed by atoms with van der Waals surface area (Å²) in [5.41, 5.74) is -0.475. The number of carbonyl (C=O) groups excluding carboxylic acids is 1. The predicted molar refractivity (Wildman–Crippen MR) is 124 cm³/mol. The number of hydrogen-bond donors (Lipinski definition) is 0. The van der Waals surface area contributed by atoms with Crippen molar-refractivity contribution in [2.45, 2.75) is 64.7 Å². The van der Waals surface area contributed by atoms with Gasteiger partial charge in [0.1, 0.15) is 11.5 Å². The van der Waals surface area contributed by atoms with Gasteiger partial charge in [-0.3, -0.25) is 0 Å². The Morgan fingerprint density at radius 3 is 2.30 bits per heavy atom.